The number of carbonyl (C=O) groups is 2. The highest BCUT2D eigenvalue weighted by atomic mass is 79.9. The zero-order chi connectivity index (χ0) is 19.9. The molecule has 1 amide bonds. The summed E-state index contributed by atoms with van der Waals surface area (Å²) in [4.78, 5) is 27.8. The quantitative estimate of drug-likeness (QED) is 0.433. The Morgan fingerprint density at radius 3 is 2.57 bits per heavy atom. The SMILES string of the molecule is CCCCOC(=O)C1CSC(Cc2ccccc2)N1C(=O)c1ccccc1Br. The van der Waals surface area contributed by atoms with E-state index in [0.717, 1.165) is 22.9 Å². The molecule has 1 aliphatic heterocycles. The molecule has 6 heteroatoms. The van der Waals surface area contributed by atoms with Gasteiger partial charge in [-0.05, 0) is 40.0 Å². The number of unbranched alkanes of at least 4 members (excludes halogenated alkanes) is 1. The van der Waals surface area contributed by atoms with Crippen LogP contribution in [0, 0.1) is 0 Å². The van der Waals surface area contributed by atoms with E-state index in [-0.39, 0.29) is 17.3 Å². The first-order chi connectivity index (χ1) is 13.6. The summed E-state index contributed by atoms with van der Waals surface area (Å²) < 4.78 is 6.18. The van der Waals surface area contributed by atoms with Gasteiger partial charge in [0, 0.05) is 16.6 Å². The first-order valence-electron chi connectivity index (χ1n) is 9.51. The van der Waals surface area contributed by atoms with Gasteiger partial charge >= 0.3 is 5.97 Å². The Morgan fingerprint density at radius 1 is 1.14 bits per heavy atom. The maximum absolute atomic E-state index is 13.4. The molecule has 148 valence electrons. The predicted octanol–water partition coefficient (Wildman–Crippen LogP) is 4.92. The maximum atomic E-state index is 13.4. The lowest BCUT2D eigenvalue weighted by atomic mass is 10.1. The third-order valence-corrected chi connectivity index (χ3v) is 6.68. The first kappa shape index (κ1) is 20.9. The normalized spacial score (nSPS) is 18.9. The smallest absolute Gasteiger partial charge is 0.329 e. The summed E-state index contributed by atoms with van der Waals surface area (Å²) in [5.41, 5.74) is 1.71. The summed E-state index contributed by atoms with van der Waals surface area (Å²) in [6.07, 6.45) is 2.49. The van der Waals surface area contributed by atoms with Gasteiger partial charge in [0.1, 0.15) is 6.04 Å². The summed E-state index contributed by atoms with van der Waals surface area (Å²) in [6.45, 7) is 2.45. The molecular formula is C22H24BrNO3S. The molecular weight excluding hydrogens is 438 g/mol. The van der Waals surface area contributed by atoms with Crippen molar-refractivity contribution in [2.75, 3.05) is 12.4 Å². The van der Waals surface area contributed by atoms with Gasteiger partial charge in [0.25, 0.3) is 5.91 Å². The fraction of sp³-hybridized carbons (Fsp3) is 0.364. The van der Waals surface area contributed by atoms with Gasteiger partial charge in [-0.15, -0.1) is 11.8 Å². The molecule has 2 atom stereocenters. The van der Waals surface area contributed by atoms with Crippen molar-refractivity contribution in [3.8, 4) is 0 Å². The average Bonchev–Trinajstić information content (AvgIpc) is 3.12. The number of esters is 1. The number of rotatable bonds is 7. The Morgan fingerprint density at radius 2 is 1.86 bits per heavy atom. The summed E-state index contributed by atoms with van der Waals surface area (Å²) in [7, 11) is 0. The molecule has 1 fully saturated rings. The van der Waals surface area contributed by atoms with Crippen LogP contribution in [0.15, 0.2) is 59.1 Å². The van der Waals surface area contributed by atoms with Crippen molar-refractivity contribution < 1.29 is 14.3 Å². The van der Waals surface area contributed by atoms with Gasteiger partial charge in [-0.1, -0.05) is 55.8 Å². The molecule has 3 rings (SSSR count). The first-order valence-corrected chi connectivity index (χ1v) is 11.4. The van der Waals surface area contributed by atoms with Gasteiger partial charge < -0.3 is 9.64 Å². The Balaban J connectivity index is 1.84. The van der Waals surface area contributed by atoms with Gasteiger partial charge in [0.15, 0.2) is 0 Å². The summed E-state index contributed by atoms with van der Waals surface area (Å²) >= 11 is 5.11. The minimum absolute atomic E-state index is 0.106. The van der Waals surface area contributed by atoms with E-state index in [9.17, 15) is 9.59 Å². The van der Waals surface area contributed by atoms with Crippen LogP contribution in [-0.2, 0) is 16.0 Å². The second-order valence-electron chi connectivity index (χ2n) is 6.71. The molecule has 1 aliphatic rings. The largest absolute Gasteiger partial charge is 0.464 e. The number of halogens is 1. The van der Waals surface area contributed by atoms with Crippen LogP contribution in [0.4, 0.5) is 0 Å². The number of carbonyl (C=O) groups excluding carboxylic acids is 2. The fourth-order valence-electron chi connectivity index (χ4n) is 3.18. The van der Waals surface area contributed by atoms with Gasteiger partial charge in [-0.3, -0.25) is 4.79 Å². The summed E-state index contributed by atoms with van der Waals surface area (Å²) in [5, 5.41) is -0.106. The molecule has 0 aliphatic carbocycles. The number of amides is 1. The zero-order valence-electron chi connectivity index (χ0n) is 15.8. The highest BCUT2D eigenvalue weighted by molar-refractivity contribution is 9.10. The summed E-state index contributed by atoms with van der Waals surface area (Å²) in [6, 6.07) is 16.8. The van der Waals surface area contributed by atoms with E-state index in [1.165, 1.54) is 0 Å². The lowest BCUT2D eigenvalue weighted by Gasteiger charge is -2.29. The van der Waals surface area contributed by atoms with Crippen LogP contribution in [0.3, 0.4) is 0 Å². The molecule has 4 nitrogen and oxygen atoms in total. The lowest BCUT2D eigenvalue weighted by molar-refractivity contribution is -0.148. The molecule has 2 aromatic carbocycles. The number of ether oxygens (including phenoxy) is 1. The highest BCUT2D eigenvalue weighted by Gasteiger charge is 2.43. The molecule has 2 aromatic rings. The summed E-state index contributed by atoms with van der Waals surface area (Å²) in [5.74, 6) is 0.103. The van der Waals surface area contributed by atoms with Gasteiger partial charge in [0.2, 0.25) is 0 Å². The molecule has 0 saturated carbocycles. The van der Waals surface area contributed by atoms with Crippen molar-refractivity contribution >= 4 is 39.6 Å². The Labute approximate surface area is 178 Å². The van der Waals surface area contributed by atoms with Crippen molar-refractivity contribution in [1.82, 2.24) is 4.90 Å². The standard InChI is InChI=1S/C22H24BrNO3S/c1-2-3-13-27-22(26)19-15-28-20(14-16-9-5-4-6-10-16)24(19)21(25)17-11-7-8-12-18(17)23/h4-12,19-20H,2-3,13-15H2,1H3. The zero-order valence-corrected chi connectivity index (χ0v) is 18.2. The predicted molar refractivity (Wildman–Crippen MR) is 116 cm³/mol. The van der Waals surface area contributed by atoms with Crippen molar-refractivity contribution in [2.24, 2.45) is 0 Å². The van der Waals surface area contributed by atoms with Crippen molar-refractivity contribution in [1.29, 1.82) is 0 Å². The minimum Gasteiger partial charge on any atom is -0.464 e. The Kier molecular flexibility index (Phi) is 7.57. The number of benzene rings is 2. The van der Waals surface area contributed by atoms with Crippen LogP contribution in [0.1, 0.15) is 35.7 Å². The molecule has 0 bridgehead atoms. The number of hydrogen-bond donors (Lipinski definition) is 0. The molecule has 1 heterocycles. The third-order valence-electron chi connectivity index (χ3n) is 4.70. The monoisotopic (exact) mass is 461 g/mol. The molecule has 0 radical (unpaired) electrons. The van der Waals surface area contributed by atoms with Crippen molar-refractivity contribution in [3.05, 3.63) is 70.2 Å². The average molecular weight is 462 g/mol. The topological polar surface area (TPSA) is 46.6 Å². The Bertz CT molecular complexity index is 814. The minimum atomic E-state index is -0.560. The van der Waals surface area contributed by atoms with E-state index in [2.05, 4.69) is 35.0 Å². The lowest BCUT2D eigenvalue weighted by Crippen LogP contribution is -2.47. The van der Waals surface area contributed by atoms with Crippen LogP contribution in [-0.4, -0.2) is 40.6 Å². The van der Waals surface area contributed by atoms with Crippen LogP contribution in [0.2, 0.25) is 0 Å². The molecule has 0 N–H and O–H groups in total. The van der Waals surface area contributed by atoms with Crippen LogP contribution in [0.25, 0.3) is 0 Å². The van der Waals surface area contributed by atoms with E-state index >= 15 is 0 Å². The highest BCUT2D eigenvalue weighted by Crippen LogP contribution is 2.34. The number of hydrogen-bond acceptors (Lipinski definition) is 4. The van der Waals surface area contributed by atoms with Crippen LogP contribution >= 0.6 is 27.7 Å². The molecule has 1 saturated heterocycles. The van der Waals surface area contributed by atoms with E-state index in [0.29, 0.717) is 24.3 Å². The van der Waals surface area contributed by atoms with E-state index in [1.807, 2.05) is 36.4 Å². The molecule has 0 aromatic heterocycles. The van der Waals surface area contributed by atoms with E-state index in [1.54, 1.807) is 22.7 Å². The van der Waals surface area contributed by atoms with Gasteiger partial charge in [-0.25, -0.2) is 4.79 Å². The maximum Gasteiger partial charge on any atom is 0.329 e. The molecule has 28 heavy (non-hydrogen) atoms. The van der Waals surface area contributed by atoms with Crippen molar-refractivity contribution in [2.45, 2.75) is 37.6 Å². The Hall–Kier alpha value is -1.79. The van der Waals surface area contributed by atoms with Gasteiger partial charge in [0.05, 0.1) is 17.5 Å². The van der Waals surface area contributed by atoms with Gasteiger partial charge in [-0.2, -0.15) is 0 Å². The third kappa shape index (κ3) is 4.97. The van der Waals surface area contributed by atoms with E-state index in [4.69, 9.17) is 4.74 Å². The second-order valence-corrected chi connectivity index (χ2v) is 8.77. The van der Waals surface area contributed by atoms with Crippen LogP contribution < -0.4 is 0 Å². The molecule has 2 unspecified atom stereocenters. The molecule has 0 spiro atoms. The number of thioether (sulfide) groups is 1. The fourth-order valence-corrected chi connectivity index (χ4v) is 5.05. The number of nitrogens with zero attached hydrogens (tertiary/aromatic N) is 1. The van der Waals surface area contributed by atoms with Crippen molar-refractivity contribution in [3.63, 3.8) is 0 Å². The van der Waals surface area contributed by atoms with Crippen LogP contribution in [0.5, 0.6) is 0 Å². The van der Waals surface area contributed by atoms with E-state index < -0.39 is 6.04 Å². The second kappa shape index (κ2) is 10.1.